The normalized spacial score (nSPS) is 25.3. The molecule has 3 heterocycles. The number of hydrogen-bond donors (Lipinski definition) is 0. The lowest BCUT2D eigenvalue weighted by atomic mass is 9.73. The van der Waals surface area contributed by atoms with E-state index in [9.17, 15) is 13.2 Å². The highest BCUT2D eigenvalue weighted by molar-refractivity contribution is 7.91. The molecule has 5 nitrogen and oxygen atoms in total. The summed E-state index contributed by atoms with van der Waals surface area (Å²) >= 11 is 1.29. The first-order chi connectivity index (χ1) is 12.0. The molecule has 0 bridgehead atoms. The first-order valence-corrected chi connectivity index (χ1v) is 11.6. The molecule has 0 N–H and O–H groups in total. The van der Waals surface area contributed by atoms with Gasteiger partial charge in [-0.2, -0.15) is 4.31 Å². The maximum atomic E-state index is 12.7. The zero-order valence-electron chi connectivity index (χ0n) is 14.5. The van der Waals surface area contributed by atoms with Gasteiger partial charge in [0.15, 0.2) is 0 Å². The van der Waals surface area contributed by atoms with E-state index in [0.717, 1.165) is 44.7 Å². The lowest BCUT2D eigenvalue weighted by molar-refractivity contribution is -0.130. The summed E-state index contributed by atoms with van der Waals surface area (Å²) < 4.78 is 27.5. The number of rotatable bonds is 4. The summed E-state index contributed by atoms with van der Waals surface area (Å²) in [6, 6.07) is 3.47. The number of carbonyl (C=O) groups is 1. The van der Waals surface area contributed by atoms with E-state index in [4.69, 9.17) is 0 Å². The third-order valence-corrected chi connectivity index (χ3v) is 9.45. The summed E-state index contributed by atoms with van der Waals surface area (Å²) in [5.74, 6) is 1.04. The minimum absolute atomic E-state index is 0.148. The number of thiophene rings is 1. The molecule has 1 aromatic rings. The highest BCUT2D eigenvalue weighted by Crippen LogP contribution is 2.43. The van der Waals surface area contributed by atoms with Crippen LogP contribution < -0.4 is 0 Å². The Morgan fingerprint density at radius 1 is 1.12 bits per heavy atom. The van der Waals surface area contributed by atoms with E-state index in [1.54, 1.807) is 16.4 Å². The van der Waals surface area contributed by atoms with Crippen LogP contribution in [0, 0.1) is 11.3 Å². The number of amides is 1. The van der Waals surface area contributed by atoms with E-state index in [0.29, 0.717) is 29.6 Å². The Morgan fingerprint density at radius 2 is 1.84 bits per heavy atom. The maximum absolute atomic E-state index is 12.7. The highest BCUT2D eigenvalue weighted by atomic mass is 32.2. The molecule has 2 aliphatic heterocycles. The van der Waals surface area contributed by atoms with Crippen molar-refractivity contribution >= 4 is 27.3 Å². The summed E-state index contributed by atoms with van der Waals surface area (Å²) in [6.45, 7) is 2.95. The van der Waals surface area contributed by atoms with Gasteiger partial charge in [-0.3, -0.25) is 4.79 Å². The second-order valence-electron chi connectivity index (χ2n) is 7.87. The molecule has 138 valence electrons. The summed E-state index contributed by atoms with van der Waals surface area (Å²) in [6.07, 6.45) is 6.86. The van der Waals surface area contributed by atoms with E-state index in [-0.39, 0.29) is 5.41 Å². The SMILES string of the molecule is O=C1CCC2(CCN1CC1CC1)CCN(S(=O)(=O)c1cccs1)CC2. The number of nitrogens with zero attached hydrogens (tertiary/aromatic N) is 2. The van der Waals surface area contributed by atoms with Gasteiger partial charge in [-0.25, -0.2) is 8.42 Å². The molecule has 0 aromatic carbocycles. The van der Waals surface area contributed by atoms with Gasteiger partial charge in [0, 0.05) is 32.6 Å². The van der Waals surface area contributed by atoms with Gasteiger partial charge in [0.25, 0.3) is 10.0 Å². The van der Waals surface area contributed by atoms with Crippen LogP contribution in [-0.4, -0.2) is 49.7 Å². The smallest absolute Gasteiger partial charge is 0.252 e. The van der Waals surface area contributed by atoms with Crippen LogP contribution in [0.5, 0.6) is 0 Å². The molecule has 1 amide bonds. The fourth-order valence-corrected chi connectivity index (χ4v) is 6.78. The predicted octanol–water partition coefficient (Wildman–Crippen LogP) is 2.94. The third kappa shape index (κ3) is 3.64. The molecule has 7 heteroatoms. The van der Waals surface area contributed by atoms with Crippen LogP contribution in [0.1, 0.15) is 44.9 Å². The standard InChI is InChI=1S/C18H26N2O3S2/c21-16-5-6-18(7-10-19(16)14-15-3-4-15)8-11-20(12-9-18)25(22,23)17-2-1-13-24-17/h1-2,13,15H,3-12,14H2. The monoisotopic (exact) mass is 382 g/mol. The maximum Gasteiger partial charge on any atom is 0.252 e. The second kappa shape index (κ2) is 6.67. The lowest BCUT2D eigenvalue weighted by Gasteiger charge is -2.40. The van der Waals surface area contributed by atoms with Crippen molar-refractivity contribution in [3.05, 3.63) is 17.5 Å². The lowest BCUT2D eigenvalue weighted by Crippen LogP contribution is -2.43. The molecular weight excluding hydrogens is 356 g/mol. The number of hydrogen-bond acceptors (Lipinski definition) is 4. The van der Waals surface area contributed by atoms with Crippen molar-refractivity contribution in [1.82, 2.24) is 9.21 Å². The molecular formula is C18H26N2O3S2. The van der Waals surface area contributed by atoms with Crippen molar-refractivity contribution in [2.45, 2.75) is 49.2 Å². The van der Waals surface area contributed by atoms with Gasteiger partial charge in [0.2, 0.25) is 5.91 Å². The van der Waals surface area contributed by atoms with Crippen molar-refractivity contribution in [2.75, 3.05) is 26.2 Å². The Labute approximate surface area is 154 Å². The second-order valence-corrected chi connectivity index (χ2v) is 11.0. The van der Waals surface area contributed by atoms with Gasteiger partial charge in [0.1, 0.15) is 4.21 Å². The Kier molecular flexibility index (Phi) is 4.67. The van der Waals surface area contributed by atoms with Crippen LogP contribution in [0.2, 0.25) is 0 Å². The van der Waals surface area contributed by atoms with Crippen LogP contribution in [-0.2, 0) is 14.8 Å². The summed E-state index contributed by atoms with van der Waals surface area (Å²) in [7, 11) is -3.34. The van der Waals surface area contributed by atoms with Crippen LogP contribution in [0.4, 0.5) is 0 Å². The molecule has 4 rings (SSSR count). The van der Waals surface area contributed by atoms with Gasteiger partial charge in [-0.15, -0.1) is 11.3 Å². The van der Waals surface area contributed by atoms with Gasteiger partial charge < -0.3 is 4.90 Å². The Hall–Kier alpha value is -0.920. The Morgan fingerprint density at radius 3 is 2.48 bits per heavy atom. The van der Waals surface area contributed by atoms with Crippen molar-refractivity contribution in [3.8, 4) is 0 Å². The minimum Gasteiger partial charge on any atom is -0.342 e. The molecule has 0 atom stereocenters. The topological polar surface area (TPSA) is 57.7 Å². The van der Waals surface area contributed by atoms with E-state index in [1.807, 2.05) is 5.38 Å². The van der Waals surface area contributed by atoms with Crippen molar-refractivity contribution in [3.63, 3.8) is 0 Å². The van der Waals surface area contributed by atoms with Crippen molar-refractivity contribution in [2.24, 2.45) is 11.3 Å². The zero-order chi connectivity index (χ0) is 17.5. The quantitative estimate of drug-likeness (QED) is 0.804. The molecule has 1 aliphatic carbocycles. The van der Waals surface area contributed by atoms with Crippen LogP contribution in [0.3, 0.4) is 0 Å². The van der Waals surface area contributed by atoms with E-state index >= 15 is 0 Å². The van der Waals surface area contributed by atoms with E-state index in [2.05, 4.69) is 4.90 Å². The number of likely N-dealkylation sites (tertiary alicyclic amines) is 1. The molecule has 3 aliphatic rings. The van der Waals surface area contributed by atoms with Crippen LogP contribution >= 0.6 is 11.3 Å². The largest absolute Gasteiger partial charge is 0.342 e. The minimum atomic E-state index is -3.34. The predicted molar refractivity (Wildman–Crippen MR) is 97.9 cm³/mol. The average Bonchev–Trinajstić information content (AvgIpc) is 3.28. The molecule has 1 spiro atoms. The summed E-state index contributed by atoms with van der Waals surface area (Å²) in [4.78, 5) is 14.5. The number of carbonyl (C=O) groups excluding carboxylic acids is 1. The molecule has 2 saturated heterocycles. The first-order valence-electron chi connectivity index (χ1n) is 9.30. The van der Waals surface area contributed by atoms with Crippen LogP contribution in [0.25, 0.3) is 0 Å². The summed E-state index contributed by atoms with van der Waals surface area (Å²) in [5.41, 5.74) is 0.148. The van der Waals surface area contributed by atoms with E-state index in [1.165, 1.54) is 24.2 Å². The van der Waals surface area contributed by atoms with Gasteiger partial charge in [-0.1, -0.05) is 6.07 Å². The number of sulfonamides is 1. The highest BCUT2D eigenvalue weighted by Gasteiger charge is 2.41. The van der Waals surface area contributed by atoms with Gasteiger partial charge in [0.05, 0.1) is 0 Å². The molecule has 1 aromatic heterocycles. The Bertz CT molecular complexity index is 718. The fourth-order valence-electron chi connectivity index (χ4n) is 4.20. The van der Waals surface area contributed by atoms with Gasteiger partial charge >= 0.3 is 0 Å². The third-order valence-electron chi connectivity index (χ3n) is 6.18. The Balaban J connectivity index is 1.40. The van der Waals surface area contributed by atoms with Crippen molar-refractivity contribution in [1.29, 1.82) is 0 Å². The molecule has 3 fully saturated rings. The molecule has 0 radical (unpaired) electrons. The van der Waals surface area contributed by atoms with Crippen molar-refractivity contribution < 1.29 is 13.2 Å². The molecule has 25 heavy (non-hydrogen) atoms. The first kappa shape index (κ1) is 17.5. The molecule has 0 unspecified atom stereocenters. The average molecular weight is 383 g/mol. The number of piperidine rings is 1. The fraction of sp³-hybridized carbons (Fsp3) is 0.722. The van der Waals surface area contributed by atoms with E-state index < -0.39 is 10.0 Å². The van der Waals surface area contributed by atoms with Gasteiger partial charge in [-0.05, 0) is 61.3 Å². The molecule has 1 saturated carbocycles. The summed E-state index contributed by atoms with van der Waals surface area (Å²) in [5, 5.41) is 1.81. The van der Waals surface area contributed by atoms with Crippen LogP contribution in [0.15, 0.2) is 21.7 Å². The zero-order valence-corrected chi connectivity index (χ0v) is 16.2.